The van der Waals surface area contributed by atoms with Crippen LogP contribution in [0.25, 0.3) is 0 Å². The summed E-state index contributed by atoms with van der Waals surface area (Å²) in [6.45, 7) is 1.93. The van der Waals surface area contributed by atoms with Crippen LogP contribution in [0, 0.1) is 0 Å². The highest BCUT2D eigenvalue weighted by Gasteiger charge is 2.12. The Hall–Kier alpha value is -1.11. The molecule has 0 spiro atoms. The molecule has 0 saturated heterocycles. The molecule has 2 N–H and O–H groups in total. The van der Waals surface area contributed by atoms with Gasteiger partial charge in [-0.15, -0.1) is 5.10 Å². The van der Waals surface area contributed by atoms with Crippen molar-refractivity contribution in [1.82, 2.24) is 15.5 Å². The van der Waals surface area contributed by atoms with E-state index in [4.69, 9.17) is 16.0 Å². The van der Waals surface area contributed by atoms with E-state index in [1.165, 1.54) is 0 Å². The number of nitrogens with one attached hydrogen (secondary N) is 2. The fourth-order valence-corrected chi connectivity index (χ4v) is 1.82. The number of aromatic nitrogens is 2. The van der Waals surface area contributed by atoms with Crippen LogP contribution in [0.2, 0.25) is 5.02 Å². The highest BCUT2D eigenvalue weighted by atomic mass is 79.9. The van der Waals surface area contributed by atoms with Crippen molar-refractivity contribution < 1.29 is 4.42 Å². The van der Waals surface area contributed by atoms with Crippen LogP contribution >= 0.6 is 27.5 Å². The van der Waals surface area contributed by atoms with E-state index in [2.05, 4.69) is 36.8 Å². The normalized spacial score (nSPS) is 12.4. The van der Waals surface area contributed by atoms with Crippen molar-refractivity contribution in [3.63, 3.8) is 0 Å². The third kappa shape index (κ3) is 3.01. The lowest BCUT2D eigenvalue weighted by Gasteiger charge is -2.05. The van der Waals surface area contributed by atoms with Gasteiger partial charge in [0, 0.05) is 4.47 Å². The van der Waals surface area contributed by atoms with Gasteiger partial charge in [-0.3, -0.25) is 0 Å². The Balaban J connectivity index is 2.18. The van der Waals surface area contributed by atoms with Crippen LogP contribution in [0.4, 0.5) is 11.7 Å². The number of nitrogens with zero attached hydrogens (tertiary/aromatic N) is 2. The Labute approximate surface area is 118 Å². The average molecular weight is 332 g/mol. The quantitative estimate of drug-likeness (QED) is 0.897. The standard InChI is InChI=1S/C11H12BrClN4O/c1-6(14-2)10-16-17-11(18-10)15-9-5-7(12)3-4-8(9)13/h3-6,14H,1-2H3,(H,15,17). The lowest BCUT2D eigenvalue weighted by atomic mass is 10.3. The maximum Gasteiger partial charge on any atom is 0.320 e. The SMILES string of the molecule is CNC(C)c1nnc(Nc2cc(Br)ccc2Cl)o1. The molecule has 5 nitrogen and oxygen atoms in total. The molecule has 0 aliphatic carbocycles. The van der Waals surface area contributed by atoms with Gasteiger partial charge in [-0.1, -0.05) is 32.6 Å². The maximum absolute atomic E-state index is 6.06. The summed E-state index contributed by atoms with van der Waals surface area (Å²) in [6.07, 6.45) is 0. The second-order valence-corrected chi connectivity index (χ2v) is 5.03. The first-order valence-electron chi connectivity index (χ1n) is 5.33. The fourth-order valence-electron chi connectivity index (χ4n) is 1.29. The summed E-state index contributed by atoms with van der Waals surface area (Å²) in [7, 11) is 1.83. The number of anilines is 2. The third-order valence-corrected chi connectivity index (χ3v) is 3.24. The summed E-state index contributed by atoms with van der Waals surface area (Å²) < 4.78 is 6.38. The molecule has 96 valence electrons. The molecule has 0 bridgehead atoms. The van der Waals surface area contributed by atoms with Gasteiger partial charge in [-0.2, -0.15) is 0 Å². The summed E-state index contributed by atoms with van der Waals surface area (Å²) >= 11 is 9.43. The van der Waals surface area contributed by atoms with Gasteiger partial charge >= 0.3 is 6.01 Å². The first-order valence-corrected chi connectivity index (χ1v) is 6.50. The van der Waals surface area contributed by atoms with Crippen molar-refractivity contribution in [2.45, 2.75) is 13.0 Å². The first kappa shape index (κ1) is 13.3. The van der Waals surface area contributed by atoms with E-state index < -0.39 is 0 Å². The summed E-state index contributed by atoms with van der Waals surface area (Å²) in [5.41, 5.74) is 0.707. The summed E-state index contributed by atoms with van der Waals surface area (Å²) in [6, 6.07) is 5.79. The molecule has 2 rings (SSSR count). The molecule has 0 amide bonds. The van der Waals surface area contributed by atoms with Gasteiger partial charge in [0.2, 0.25) is 5.89 Å². The van der Waals surface area contributed by atoms with Crippen molar-refractivity contribution in [3.8, 4) is 0 Å². The van der Waals surface area contributed by atoms with E-state index in [0.29, 0.717) is 22.6 Å². The molecule has 1 aromatic carbocycles. The van der Waals surface area contributed by atoms with E-state index in [-0.39, 0.29) is 6.04 Å². The van der Waals surface area contributed by atoms with Crippen molar-refractivity contribution >= 4 is 39.2 Å². The summed E-state index contributed by atoms with van der Waals surface area (Å²) in [5, 5.41) is 14.4. The second-order valence-electron chi connectivity index (χ2n) is 3.70. The van der Waals surface area contributed by atoms with E-state index in [0.717, 1.165) is 4.47 Å². The minimum absolute atomic E-state index is 0.00558. The molecule has 1 unspecified atom stereocenters. The van der Waals surface area contributed by atoms with Gasteiger partial charge in [0.15, 0.2) is 0 Å². The molecule has 0 aliphatic rings. The predicted octanol–water partition coefficient (Wildman–Crippen LogP) is 3.51. The van der Waals surface area contributed by atoms with Crippen LogP contribution in [0.3, 0.4) is 0 Å². The lowest BCUT2D eigenvalue weighted by molar-refractivity contribution is 0.443. The topological polar surface area (TPSA) is 63.0 Å². The summed E-state index contributed by atoms with van der Waals surface area (Å²) in [4.78, 5) is 0. The van der Waals surface area contributed by atoms with Crippen LogP contribution in [-0.2, 0) is 0 Å². The molecule has 0 fully saturated rings. The molecule has 18 heavy (non-hydrogen) atoms. The van der Waals surface area contributed by atoms with Crippen LogP contribution in [0.15, 0.2) is 27.1 Å². The molecule has 0 aliphatic heterocycles. The average Bonchev–Trinajstić information content (AvgIpc) is 2.81. The van der Waals surface area contributed by atoms with Crippen LogP contribution < -0.4 is 10.6 Å². The van der Waals surface area contributed by atoms with Crippen LogP contribution in [0.1, 0.15) is 18.9 Å². The minimum Gasteiger partial charge on any atom is -0.406 e. The zero-order chi connectivity index (χ0) is 13.1. The Kier molecular flexibility index (Phi) is 4.21. The minimum atomic E-state index is 0.00558. The Morgan fingerprint density at radius 1 is 1.39 bits per heavy atom. The van der Waals surface area contributed by atoms with Gasteiger partial charge in [0.1, 0.15) is 0 Å². The van der Waals surface area contributed by atoms with Gasteiger partial charge in [0.25, 0.3) is 0 Å². The highest BCUT2D eigenvalue weighted by Crippen LogP contribution is 2.28. The Bertz CT molecular complexity index is 546. The first-order chi connectivity index (χ1) is 8.60. The van der Waals surface area contributed by atoms with Crippen LogP contribution in [-0.4, -0.2) is 17.2 Å². The lowest BCUT2D eigenvalue weighted by Crippen LogP contribution is -2.12. The van der Waals surface area contributed by atoms with E-state index in [1.54, 1.807) is 6.07 Å². The van der Waals surface area contributed by atoms with Crippen molar-refractivity contribution in [2.75, 3.05) is 12.4 Å². The predicted molar refractivity (Wildman–Crippen MR) is 74.2 cm³/mol. The molecule has 0 radical (unpaired) electrons. The third-order valence-electron chi connectivity index (χ3n) is 2.41. The monoisotopic (exact) mass is 330 g/mol. The van der Waals surface area contributed by atoms with Gasteiger partial charge in [-0.25, -0.2) is 0 Å². The molecular formula is C11H12BrClN4O. The maximum atomic E-state index is 6.06. The number of halogens is 2. The van der Waals surface area contributed by atoms with Gasteiger partial charge in [0.05, 0.1) is 16.8 Å². The van der Waals surface area contributed by atoms with Crippen molar-refractivity contribution in [3.05, 3.63) is 33.6 Å². The fraction of sp³-hybridized carbons (Fsp3) is 0.273. The summed E-state index contributed by atoms with van der Waals surface area (Å²) in [5.74, 6) is 0.520. The molecule has 2 aromatic rings. The molecule has 1 aromatic heterocycles. The van der Waals surface area contributed by atoms with E-state index >= 15 is 0 Å². The molecular weight excluding hydrogens is 320 g/mol. The van der Waals surface area contributed by atoms with E-state index in [9.17, 15) is 0 Å². The molecule has 0 saturated carbocycles. The zero-order valence-electron chi connectivity index (χ0n) is 9.87. The van der Waals surface area contributed by atoms with E-state index in [1.807, 2.05) is 26.1 Å². The van der Waals surface area contributed by atoms with Gasteiger partial charge < -0.3 is 15.1 Å². The number of rotatable bonds is 4. The second kappa shape index (κ2) is 5.69. The van der Waals surface area contributed by atoms with Crippen molar-refractivity contribution in [1.29, 1.82) is 0 Å². The Morgan fingerprint density at radius 3 is 2.89 bits per heavy atom. The smallest absolute Gasteiger partial charge is 0.320 e. The number of benzene rings is 1. The molecule has 1 atom stereocenters. The Morgan fingerprint density at radius 2 is 2.17 bits per heavy atom. The largest absolute Gasteiger partial charge is 0.406 e. The van der Waals surface area contributed by atoms with Crippen LogP contribution in [0.5, 0.6) is 0 Å². The highest BCUT2D eigenvalue weighted by molar-refractivity contribution is 9.10. The van der Waals surface area contributed by atoms with Crippen molar-refractivity contribution in [2.24, 2.45) is 0 Å². The van der Waals surface area contributed by atoms with Gasteiger partial charge in [-0.05, 0) is 32.2 Å². The molecule has 7 heteroatoms. The zero-order valence-corrected chi connectivity index (χ0v) is 12.2. The number of hydrogen-bond acceptors (Lipinski definition) is 5. The molecule has 1 heterocycles. The number of hydrogen-bond donors (Lipinski definition) is 2.